The standard InChI is InChI=1S/C15H11BrF3N5O.ClH/c1-7-11-5-24-14(21-13(22-24)12(25)15(17,18)19)9-4-8(16)2-3-10(9)23(11)6-20-7;/h2-4,6,12,25H,5H2,1H3;1H. The van der Waals surface area contributed by atoms with E-state index in [0.717, 1.165) is 21.5 Å². The summed E-state index contributed by atoms with van der Waals surface area (Å²) in [6.07, 6.45) is -5.89. The summed E-state index contributed by atoms with van der Waals surface area (Å²) in [5, 5.41) is 13.4. The minimum atomic E-state index is -4.83. The second-order valence-electron chi connectivity index (χ2n) is 5.70. The van der Waals surface area contributed by atoms with Crippen molar-refractivity contribution >= 4 is 28.3 Å². The van der Waals surface area contributed by atoms with Crippen LogP contribution in [-0.2, 0) is 6.54 Å². The normalized spacial score (nSPS) is 13.9. The highest BCUT2D eigenvalue weighted by molar-refractivity contribution is 9.10. The van der Waals surface area contributed by atoms with Gasteiger partial charge in [0.2, 0.25) is 6.10 Å². The summed E-state index contributed by atoms with van der Waals surface area (Å²) in [7, 11) is 0. The third-order valence-electron chi connectivity index (χ3n) is 4.08. The van der Waals surface area contributed by atoms with Crippen LogP contribution in [-0.4, -0.2) is 35.6 Å². The number of benzene rings is 1. The summed E-state index contributed by atoms with van der Waals surface area (Å²) >= 11 is 3.37. The predicted octanol–water partition coefficient (Wildman–Crippen LogP) is 3.58. The fraction of sp³-hybridized carbons (Fsp3) is 0.267. The van der Waals surface area contributed by atoms with Crippen molar-refractivity contribution < 1.29 is 18.3 Å². The molecule has 138 valence electrons. The second-order valence-corrected chi connectivity index (χ2v) is 6.62. The van der Waals surface area contributed by atoms with Crippen molar-refractivity contribution in [1.82, 2.24) is 24.3 Å². The smallest absolute Gasteiger partial charge is 0.377 e. The van der Waals surface area contributed by atoms with Gasteiger partial charge in [0.25, 0.3) is 0 Å². The molecule has 6 nitrogen and oxygen atoms in total. The van der Waals surface area contributed by atoms with Crippen molar-refractivity contribution in [3.63, 3.8) is 0 Å². The first kappa shape index (κ1) is 18.9. The van der Waals surface area contributed by atoms with Crippen LogP contribution in [0.1, 0.15) is 23.3 Å². The molecule has 3 heterocycles. The number of nitrogens with zero attached hydrogens (tertiary/aromatic N) is 5. The molecule has 0 saturated heterocycles. The van der Waals surface area contributed by atoms with Crippen LogP contribution in [0.5, 0.6) is 0 Å². The first-order chi connectivity index (χ1) is 11.8. The van der Waals surface area contributed by atoms with Crippen LogP contribution in [0, 0.1) is 6.92 Å². The van der Waals surface area contributed by atoms with Gasteiger partial charge >= 0.3 is 6.18 Å². The molecule has 1 aliphatic heterocycles. The molecule has 0 radical (unpaired) electrons. The van der Waals surface area contributed by atoms with E-state index in [4.69, 9.17) is 0 Å². The third kappa shape index (κ3) is 2.91. The number of fused-ring (bicyclic) bond motifs is 5. The summed E-state index contributed by atoms with van der Waals surface area (Å²) in [5.74, 6) is -0.406. The van der Waals surface area contributed by atoms with E-state index in [1.165, 1.54) is 4.68 Å². The van der Waals surface area contributed by atoms with Crippen LogP contribution in [0.25, 0.3) is 17.1 Å². The molecule has 3 aromatic rings. The topological polar surface area (TPSA) is 68.8 Å². The van der Waals surface area contributed by atoms with Gasteiger partial charge in [-0.1, -0.05) is 15.9 Å². The van der Waals surface area contributed by atoms with Gasteiger partial charge in [-0.3, -0.25) is 0 Å². The van der Waals surface area contributed by atoms with Crippen molar-refractivity contribution in [1.29, 1.82) is 0 Å². The molecular formula is C15H12BrClF3N5O. The van der Waals surface area contributed by atoms with Crippen molar-refractivity contribution in [2.75, 3.05) is 0 Å². The molecule has 0 aliphatic carbocycles. The van der Waals surface area contributed by atoms with Crippen LogP contribution < -0.4 is 0 Å². The molecule has 11 heteroatoms. The molecule has 2 aromatic heterocycles. The van der Waals surface area contributed by atoms with Crippen LogP contribution in [0.15, 0.2) is 29.0 Å². The Morgan fingerprint density at radius 1 is 1.31 bits per heavy atom. The molecule has 0 amide bonds. The number of hydrogen-bond acceptors (Lipinski definition) is 4. The maximum Gasteiger partial charge on any atom is 0.421 e. The monoisotopic (exact) mass is 449 g/mol. The number of aromatic nitrogens is 5. The molecule has 1 aliphatic rings. The number of aliphatic hydroxyl groups is 1. The second kappa shape index (κ2) is 6.36. The average Bonchev–Trinajstić information content (AvgIpc) is 3.08. The largest absolute Gasteiger partial charge is 0.421 e. The predicted molar refractivity (Wildman–Crippen MR) is 92.4 cm³/mol. The molecule has 1 N–H and O–H groups in total. The molecule has 4 rings (SSSR count). The van der Waals surface area contributed by atoms with E-state index in [1.807, 2.05) is 23.6 Å². The molecule has 0 bridgehead atoms. The summed E-state index contributed by atoms with van der Waals surface area (Å²) in [6, 6.07) is 5.41. The highest BCUT2D eigenvalue weighted by Gasteiger charge is 2.43. The van der Waals surface area contributed by atoms with Gasteiger partial charge in [0.15, 0.2) is 11.6 Å². The SMILES string of the molecule is Cc1ncn2c1Cn1nc(C(O)C(F)(F)F)nc1-c1cc(Br)ccc1-2.Cl. The summed E-state index contributed by atoms with van der Waals surface area (Å²) in [5.41, 5.74) is 2.87. The maximum atomic E-state index is 12.8. The molecule has 0 spiro atoms. The molecule has 0 fully saturated rings. The minimum Gasteiger partial charge on any atom is -0.377 e. The highest BCUT2D eigenvalue weighted by Crippen LogP contribution is 2.36. The number of rotatable bonds is 1. The minimum absolute atomic E-state index is 0. The number of alkyl halides is 3. The van der Waals surface area contributed by atoms with Gasteiger partial charge in [-0.05, 0) is 25.1 Å². The van der Waals surface area contributed by atoms with Crippen molar-refractivity contribution in [3.05, 3.63) is 46.2 Å². The van der Waals surface area contributed by atoms with E-state index in [-0.39, 0.29) is 24.8 Å². The Morgan fingerprint density at radius 3 is 2.73 bits per heavy atom. The number of hydrogen-bond donors (Lipinski definition) is 1. The molecule has 0 saturated carbocycles. The lowest BCUT2D eigenvalue weighted by Crippen LogP contribution is -2.21. The molecule has 1 aromatic carbocycles. The zero-order valence-corrected chi connectivity index (χ0v) is 15.6. The Bertz CT molecular complexity index is 984. The lowest BCUT2D eigenvalue weighted by atomic mass is 10.1. The Hall–Kier alpha value is -1.91. The lowest BCUT2D eigenvalue weighted by molar-refractivity contribution is -0.209. The Kier molecular flexibility index (Phi) is 4.62. The van der Waals surface area contributed by atoms with E-state index in [1.54, 1.807) is 12.4 Å². The average molecular weight is 451 g/mol. The van der Waals surface area contributed by atoms with Gasteiger partial charge in [-0.25, -0.2) is 14.6 Å². The number of halogens is 5. The lowest BCUT2D eigenvalue weighted by Gasteiger charge is -2.11. The van der Waals surface area contributed by atoms with Gasteiger partial charge < -0.3 is 9.67 Å². The van der Waals surface area contributed by atoms with Crippen LogP contribution in [0.2, 0.25) is 0 Å². The van der Waals surface area contributed by atoms with Crippen LogP contribution >= 0.6 is 28.3 Å². The van der Waals surface area contributed by atoms with Crippen molar-refractivity contribution in [2.24, 2.45) is 0 Å². The summed E-state index contributed by atoms with van der Waals surface area (Å²) in [6.45, 7) is 2.02. The number of aliphatic hydroxyl groups excluding tert-OH is 1. The Labute approximate surface area is 160 Å². The zero-order valence-electron chi connectivity index (χ0n) is 13.2. The number of aryl methyl sites for hydroxylation is 1. The molecule has 1 unspecified atom stereocenters. The first-order valence-corrected chi connectivity index (χ1v) is 8.07. The van der Waals surface area contributed by atoms with E-state index in [0.29, 0.717) is 5.56 Å². The Balaban J connectivity index is 0.00000196. The first-order valence-electron chi connectivity index (χ1n) is 7.28. The maximum absolute atomic E-state index is 12.8. The van der Waals surface area contributed by atoms with Crippen molar-refractivity contribution in [3.8, 4) is 17.1 Å². The fourth-order valence-corrected chi connectivity index (χ4v) is 3.19. The third-order valence-corrected chi connectivity index (χ3v) is 4.57. The van der Waals surface area contributed by atoms with E-state index < -0.39 is 18.1 Å². The molecular weight excluding hydrogens is 439 g/mol. The van der Waals surface area contributed by atoms with Gasteiger partial charge in [0.05, 0.1) is 29.9 Å². The fourth-order valence-electron chi connectivity index (χ4n) is 2.83. The molecule has 1 atom stereocenters. The summed E-state index contributed by atoms with van der Waals surface area (Å²) < 4.78 is 42.5. The van der Waals surface area contributed by atoms with Crippen molar-refractivity contribution in [2.45, 2.75) is 25.7 Å². The van der Waals surface area contributed by atoms with E-state index in [9.17, 15) is 18.3 Å². The van der Waals surface area contributed by atoms with Gasteiger partial charge in [-0.2, -0.15) is 18.3 Å². The number of imidazole rings is 1. The van der Waals surface area contributed by atoms with Gasteiger partial charge in [-0.15, -0.1) is 12.4 Å². The molecule has 26 heavy (non-hydrogen) atoms. The van der Waals surface area contributed by atoms with E-state index >= 15 is 0 Å². The van der Waals surface area contributed by atoms with Gasteiger partial charge in [0.1, 0.15) is 0 Å². The quantitative estimate of drug-likeness (QED) is 0.481. The highest BCUT2D eigenvalue weighted by atomic mass is 79.9. The van der Waals surface area contributed by atoms with Gasteiger partial charge in [0, 0.05) is 10.0 Å². The van der Waals surface area contributed by atoms with Crippen LogP contribution in [0.3, 0.4) is 0 Å². The Morgan fingerprint density at radius 2 is 2.04 bits per heavy atom. The van der Waals surface area contributed by atoms with E-state index in [2.05, 4.69) is 31.0 Å². The summed E-state index contributed by atoms with van der Waals surface area (Å²) in [4.78, 5) is 8.25. The zero-order chi connectivity index (χ0) is 17.9. The van der Waals surface area contributed by atoms with Crippen LogP contribution in [0.4, 0.5) is 13.2 Å².